The summed E-state index contributed by atoms with van der Waals surface area (Å²) in [7, 11) is 2.01. The first-order chi connectivity index (χ1) is 20.8. The second-order valence-corrected chi connectivity index (χ2v) is 13.9. The number of anilines is 1. The molecule has 8 nitrogen and oxygen atoms in total. The third kappa shape index (κ3) is 7.66. The first kappa shape index (κ1) is 31.7. The van der Waals surface area contributed by atoms with E-state index in [0.29, 0.717) is 36.9 Å². The topological polar surface area (TPSA) is 113 Å². The Morgan fingerprint density at radius 1 is 0.977 bits per heavy atom. The highest BCUT2D eigenvalue weighted by molar-refractivity contribution is 5.93. The number of alkyl carbamates (subject to hydrolysis) is 1. The van der Waals surface area contributed by atoms with Crippen LogP contribution in [-0.4, -0.2) is 46.3 Å². The van der Waals surface area contributed by atoms with E-state index in [0.717, 1.165) is 53.6 Å². The van der Waals surface area contributed by atoms with Crippen molar-refractivity contribution in [3.05, 3.63) is 72.4 Å². The van der Waals surface area contributed by atoms with E-state index < -0.39 is 22.8 Å². The van der Waals surface area contributed by atoms with Crippen molar-refractivity contribution in [2.75, 3.05) is 12.4 Å². The van der Waals surface area contributed by atoms with E-state index in [9.17, 15) is 14.7 Å². The molecule has 2 amide bonds. The molecule has 4 N–H and O–H groups in total. The molecule has 0 spiro atoms. The average molecular weight is 599 g/mol. The first-order valence-electron chi connectivity index (χ1n) is 15.7. The number of rotatable bonds is 8. The number of hydrogen-bond acceptors (Lipinski definition) is 6. The Kier molecular flexibility index (Phi) is 9.14. The number of hydrogen-bond donors (Lipinski definition) is 4. The molecule has 1 heterocycles. The Hall–Kier alpha value is -3.75. The predicted molar refractivity (Wildman–Crippen MR) is 174 cm³/mol. The van der Waals surface area contributed by atoms with Gasteiger partial charge in [0.15, 0.2) is 0 Å². The van der Waals surface area contributed by atoms with Crippen molar-refractivity contribution in [1.29, 1.82) is 0 Å². The fourth-order valence-corrected chi connectivity index (χ4v) is 6.69. The zero-order valence-electron chi connectivity index (χ0n) is 26.6. The predicted octanol–water partition coefficient (Wildman–Crippen LogP) is 6.79. The maximum absolute atomic E-state index is 13.0. The van der Waals surface area contributed by atoms with Crippen LogP contribution in [0.5, 0.6) is 0 Å². The van der Waals surface area contributed by atoms with Gasteiger partial charge in [0.05, 0.1) is 23.2 Å². The summed E-state index contributed by atoms with van der Waals surface area (Å²) in [6, 6.07) is 20.4. The van der Waals surface area contributed by atoms with Gasteiger partial charge >= 0.3 is 6.09 Å². The molecule has 234 valence electrons. The summed E-state index contributed by atoms with van der Waals surface area (Å²) in [6.45, 7) is 7.46. The second-order valence-electron chi connectivity index (χ2n) is 13.9. The van der Waals surface area contributed by atoms with E-state index in [1.807, 2.05) is 88.5 Å². The van der Waals surface area contributed by atoms with E-state index in [1.165, 1.54) is 0 Å². The molecule has 2 aliphatic carbocycles. The van der Waals surface area contributed by atoms with Gasteiger partial charge in [-0.1, -0.05) is 54.6 Å². The Morgan fingerprint density at radius 2 is 1.64 bits per heavy atom. The van der Waals surface area contributed by atoms with Gasteiger partial charge in [-0.3, -0.25) is 9.78 Å². The Morgan fingerprint density at radius 3 is 2.23 bits per heavy atom. The van der Waals surface area contributed by atoms with Crippen LogP contribution in [0.25, 0.3) is 22.4 Å². The van der Waals surface area contributed by atoms with Crippen LogP contribution in [0.4, 0.5) is 10.5 Å². The van der Waals surface area contributed by atoms with E-state index in [2.05, 4.69) is 16.0 Å². The van der Waals surface area contributed by atoms with Gasteiger partial charge in [0.2, 0.25) is 5.91 Å². The standard InChI is InChI=1S/C36H46N4O4/c1-34(2,3)40-33(42)44-36(22-35(4,43)23-36)27-15-13-26(14-16-27)32-30(25-9-7-6-8-10-25)20-29(21-38-32)39-31(41)19-24-11-17-28(37-5)18-12-24/h6-10,13-16,20-21,24,28,37,43H,11-12,17-19,22-23H2,1-5H3,(H,39,41)(H,40,42). The van der Waals surface area contributed by atoms with Crippen molar-refractivity contribution < 1.29 is 19.4 Å². The summed E-state index contributed by atoms with van der Waals surface area (Å²) in [5, 5.41) is 19.9. The number of benzene rings is 2. The molecule has 0 radical (unpaired) electrons. The molecule has 0 atom stereocenters. The summed E-state index contributed by atoms with van der Waals surface area (Å²) >= 11 is 0. The van der Waals surface area contributed by atoms with Crippen LogP contribution in [0.3, 0.4) is 0 Å². The van der Waals surface area contributed by atoms with Gasteiger partial charge in [0.25, 0.3) is 0 Å². The van der Waals surface area contributed by atoms with Crippen molar-refractivity contribution in [2.24, 2.45) is 5.92 Å². The number of nitrogens with zero attached hydrogens (tertiary/aromatic N) is 1. The fraction of sp³-hybridized carbons (Fsp3) is 0.472. The van der Waals surface area contributed by atoms with Gasteiger partial charge in [0, 0.05) is 42.0 Å². The highest BCUT2D eigenvalue weighted by atomic mass is 16.6. The van der Waals surface area contributed by atoms with Crippen LogP contribution >= 0.6 is 0 Å². The maximum Gasteiger partial charge on any atom is 0.408 e. The normalized spacial score (nSPS) is 25.0. The van der Waals surface area contributed by atoms with Crippen molar-refractivity contribution >= 4 is 17.7 Å². The molecule has 2 aromatic carbocycles. The summed E-state index contributed by atoms with van der Waals surface area (Å²) in [6.07, 6.45) is 6.70. The van der Waals surface area contributed by atoms with E-state index >= 15 is 0 Å². The second kappa shape index (κ2) is 12.7. The first-order valence-corrected chi connectivity index (χ1v) is 15.7. The maximum atomic E-state index is 13.0. The third-order valence-electron chi connectivity index (χ3n) is 8.77. The van der Waals surface area contributed by atoms with Crippen molar-refractivity contribution in [3.8, 4) is 22.4 Å². The quantitative estimate of drug-likeness (QED) is 0.227. The molecule has 0 aliphatic heterocycles. The minimum Gasteiger partial charge on any atom is -0.438 e. The highest BCUT2D eigenvalue weighted by Gasteiger charge is 2.55. The monoisotopic (exact) mass is 598 g/mol. The van der Waals surface area contributed by atoms with Crippen molar-refractivity contribution in [1.82, 2.24) is 15.6 Å². The number of nitrogens with one attached hydrogen (secondary N) is 3. The number of carbonyl (C=O) groups is 2. The van der Waals surface area contributed by atoms with Gasteiger partial charge < -0.3 is 25.8 Å². The zero-order chi connectivity index (χ0) is 31.5. The molecule has 3 aromatic rings. The van der Waals surface area contributed by atoms with Gasteiger partial charge in [-0.15, -0.1) is 0 Å². The smallest absolute Gasteiger partial charge is 0.408 e. The molecule has 1 aromatic heterocycles. The SMILES string of the molecule is CNC1CCC(CC(=O)Nc2cnc(-c3ccc(C4(OC(=O)NC(C)(C)C)CC(C)(O)C4)cc3)c(-c3ccccc3)c2)CC1. The molecular weight excluding hydrogens is 552 g/mol. The van der Waals surface area contributed by atoms with E-state index in [4.69, 9.17) is 9.72 Å². The summed E-state index contributed by atoms with van der Waals surface area (Å²) in [4.78, 5) is 30.5. The lowest BCUT2D eigenvalue weighted by Crippen LogP contribution is -2.57. The minimum absolute atomic E-state index is 0.0213. The number of carbonyl (C=O) groups excluding carboxylic acids is 2. The number of pyridine rings is 1. The van der Waals surface area contributed by atoms with Crippen LogP contribution in [0.1, 0.15) is 78.2 Å². The van der Waals surface area contributed by atoms with E-state index in [1.54, 1.807) is 13.1 Å². The Balaban J connectivity index is 1.37. The van der Waals surface area contributed by atoms with E-state index in [-0.39, 0.29) is 5.91 Å². The average Bonchev–Trinajstić information content (AvgIpc) is 2.96. The molecular formula is C36H46N4O4. The van der Waals surface area contributed by atoms with Crippen molar-refractivity contribution in [2.45, 2.75) is 95.4 Å². The zero-order valence-corrected chi connectivity index (χ0v) is 26.6. The van der Waals surface area contributed by atoms with Gasteiger partial charge in [-0.05, 0) is 83.5 Å². The Bertz CT molecular complexity index is 1450. The third-order valence-corrected chi connectivity index (χ3v) is 8.77. The van der Waals surface area contributed by atoms with Gasteiger partial charge in [0.1, 0.15) is 5.60 Å². The molecule has 2 saturated carbocycles. The summed E-state index contributed by atoms with van der Waals surface area (Å²) in [5.74, 6) is 0.429. The summed E-state index contributed by atoms with van der Waals surface area (Å²) in [5.41, 5.74) is 2.83. The van der Waals surface area contributed by atoms with Crippen LogP contribution in [0.15, 0.2) is 66.9 Å². The molecule has 44 heavy (non-hydrogen) atoms. The van der Waals surface area contributed by atoms with Gasteiger partial charge in [-0.2, -0.15) is 0 Å². The molecule has 2 aliphatic rings. The fourth-order valence-electron chi connectivity index (χ4n) is 6.69. The summed E-state index contributed by atoms with van der Waals surface area (Å²) < 4.78 is 5.96. The van der Waals surface area contributed by atoms with Gasteiger partial charge in [-0.25, -0.2) is 4.79 Å². The molecule has 8 heteroatoms. The van der Waals surface area contributed by atoms with Crippen LogP contribution in [0, 0.1) is 5.92 Å². The molecule has 0 bridgehead atoms. The Labute approximate surface area is 261 Å². The van der Waals surface area contributed by atoms with Crippen molar-refractivity contribution in [3.63, 3.8) is 0 Å². The number of ether oxygens (including phenoxy) is 1. The largest absolute Gasteiger partial charge is 0.438 e. The van der Waals surface area contributed by atoms with Crippen LogP contribution in [-0.2, 0) is 15.1 Å². The molecule has 2 fully saturated rings. The molecule has 0 saturated heterocycles. The van der Waals surface area contributed by atoms with Crippen LogP contribution in [0.2, 0.25) is 0 Å². The lowest BCUT2D eigenvalue weighted by molar-refractivity contribution is -0.177. The minimum atomic E-state index is -0.909. The number of amides is 2. The number of aliphatic hydroxyl groups is 1. The molecule has 0 unspecified atom stereocenters. The van der Waals surface area contributed by atoms with Crippen LogP contribution < -0.4 is 16.0 Å². The highest BCUT2D eigenvalue weighted by Crippen LogP contribution is 2.51. The number of aromatic nitrogens is 1. The lowest BCUT2D eigenvalue weighted by atomic mass is 9.65. The molecule has 5 rings (SSSR count). The lowest BCUT2D eigenvalue weighted by Gasteiger charge is -2.51.